The largest absolute Gasteiger partial charge is 0.504 e. The maximum atomic E-state index is 13.6. The Morgan fingerprint density at radius 2 is 1.52 bits per heavy atom. The molecule has 0 aromatic heterocycles. The van der Waals surface area contributed by atoms with E-state index >= 15 is 0 Å². The Morgan fingerprint density at radius 1 is 0.886 bits per heavy atom. The Labute approximate surface area is 258 Å². The number of rotatable bonds is 14. The summed E-state index contributed by atoms with van der Waals surface area (Å²) < 4.78 is 32.5. The molecule has 2 N–H and O–H groups in total. The summed E-state index contributed by atoms with van der Waals surface area (Å²) >= 11 is 0. The molecule has 4 rings (SSSR count). The lowest BCUT2D eigenvalue weighted by Crippen LogP contribution is -2.38. The lowest BCUT2D eigenvalue weighted by atomic mass is 10.0. The summed E-state index contributed by atoms with van der Waals surface area (Å²) in [5.74, 6) is -4.04. The molecule has 0 radical (unpaired) electrons. The molecule has 0 saturated carbocycles. The van der Waals surface area contributed by atoms with Crippen LogP contribution in [0, 0.1) is 11.6 Å². The number of halogens is 2. The van der Waals surface area contributed by atoms with Crippen molar-refractivity contribution in [1.29, 1.82) is 0 Å². The molecule has 0 atom stereocenters. The molecule has 7 nitrogen and oxygen atoms in total. The minimum absolute atomic E-state index is 0.0768. The highest BCUT2D eigenvalue weighted by Crippen LogP contribution is 2.28. The van der Waals surface area contributed by atoms with E-state index in [1.807, 2.05) is 54.6 Å². The van der Waals surface area contributed by atoms with E-state index in [2.05, 4.69) is 10.2 Å². The summed E-state index contributed by atoms with van der Waals surface area (Å²) in [5, 5.41) is 12.7. The van der Waals surface area contributed by atoms with E-state index in [0.29, 0.717) is 6.54 Å². The lowest BCUT2D eigenvalue weighted by molar-refractivity contribution is 0.0584. The van der Waals surface area contributed by atoms with Crippen LogP contribution in [0.2, 0.25) is 0 Å². The number of para-hydroxylation sites is 1. The quantitative estimate of drug-likeness (QED) is 0.182. The number of aromatic hydroxyl groups is 1. The lowest BCUT2D eigenvalue weighted by Gasteiger charge is -2.31. The second-order valence-corrected chi connectivity index (χ2v) is 11.4. The maximum absolute atomic E-state index is 13.6. The summed E-state index contributed by atoms with van der Waals surface area (Å²) in [6.07, 6.45) is 8.60. The van der Waals surface area contributed by atoms with Gasteiger partial charge in [0.05, 0.1) is 11.3 Å². The van der Waals surface area contributed by atoms with Crippen LogP contribution in [0.25, 0.3) is 11.1 Å². The molecule has 1 heterocycles. The molecule has 0 unspecified atom stereocenters. The van der Waals surface area contributed by atoms with E-state index in [4.69, 9.17) is 4.74 Å². The van der Waals surface area contributed by atoms with E-state index < -0.39 is 29.4 Å². The van der Waals surface area contributed by atoms with Crippen LogP contribution in [0.5, 0.6) is 5.75 Å². The van der Waals surface area contributed by atoms with Crippen LogP contribution in [0.3, 0.4) is 0 Å². The number of piperidine rings is 1. The van der Waals surface area contributed by atoms with E-state index in [9.17, 15) is 23.5 Å². The van der Waals surface area contributed by atoms with Gasteiger partial charge < -0.3 is 19.6 Å². The van der Waals surface area contributed by atoms with Crippen molar-refractivity contribution in [1.82, 2.24) is 9.80 Å². The first-order valence-corrected chi connectivity index (χ1v) is 15.6. The van der Waals surface area contributed by atoms with Crippen molar-refractivity contribution in [2.24, 2.45) is 0 Å². The number of phenolic OH excluding ortho intramolecular Hbond substituents is 1. The van der Waals surface area contributed by atoms with Gasteiger partial charge >= 0.3 is 6.09 Å². The van der Waals surface area contributed by atoms with Crippen molar-refractivity contribution >= 4 is 17.7 Å². The molecule has 0 bridgehead atoms. The fourth-order valence-electron chi connectivity index (χ4n) is 5.59. The van der Waals surface area contributed by atoms with Crippen LogP contribution in [-0.2, 0) is 4.74 Å². The van der Waals surface area contributed by atoms with Gasteiger partial charge in [-0.25, -0.2) is 9.18 Å². The van der Waals surface area contributed by atoms with Crippen molar-refractivity contribution < 1.29 is 28.2 Å². The van der Waals surface area contributed by atoms with Crippen LogP contribution < -0.4 is 5.32 Å². The first-order chi connectivity index (χ1) is 21.3. The molecule has 1 aliphatic rings. The molecule has 3 aromatic rings. The number of ether oxygens (including phenoxy) is 1. The average Bonchev–Trinajstić information content (AvgIpc) is 3.04. The Hall–Kier alpha value is -3.98. The Balaban J connectivity index is 1.03. The number of carbonyl (C=O) groups excluding carboxylic acids is 2. The number of amides is 2. The number of hydrogen-bond acceptors (Lipinski definition) is 5. The number of likely N-dealkylation sites (tertiary alicyclic amines) is 1. The molecule has 9 heteroatoms. The van der Waals surface area contributed by atoms with Crippen molar-refractivity contribution in [2.75, 3.05) is 38.5 Å². The Kier molecular flexibility index (Phi) is 12.5. The second kappa shape index (κ2) is 16.8. The van der Waals surface area contributed by atoms with Gasteiger partial charge in [-0.15, -0.1) is 0 Å². The zero-order chi connectivity index (χ0) is 31.3. The van der Waals surface area contributed by atoms with Gasteiger partial charge in [0, 0.05) is 32.2 Å². The number of carbonyl (C=O) groups is 2. The van der Waals surface area contributed by atoms with Crippen LogP contribution in [-0.4, -0.2) is 66.2 Å². The molecule has 1 fully saturated rings. The smallest absolute Gasteiger partial charge is 0.411 e. The summed E-state index contributed by atoms with van der Waals surface area (Å²) in [6.45, 7) is 3.38. The molecular formula is C35H43F2N3O4. The summed E-state index contributed by atoms with van der Waals surface area (Å²) in [5.41, 5.74) is 2.52. The number of nitrogens with one attached hydrogen (secondary N) is 1. The highest BCUT2D eigenvalue weighted by Gasteiger charge is 2.23. The minimum atomic E-state index is -1.40. The number of anilines is 1. The third kappa shape index (κ3) is 9.51. The number of hydrogen-bond donors (Lipinski definition) is 2. The molecule has 236 valence electrons. The molecule has 1 saturated heterocycles. The van der Waals surface area contributed by atoms with Crippen LogP contribution >= 0.6 is 0 Å². The van der Waals surface area contributed by atoms with Crippen LogP contribution in [0.4, 0.5) is 19.3 Å². The van der Waals surface area contributed by atoms with Gasteiger partial charge in [0.15, 0.2) is 11.6 Å². The van der Waals surface area contributed by atoms with Crippen molar-refractivity contribution in [3.8, 4) is 16.9 Å². The predicted molar refractivity (Wildman–Crippen MR) is 169 cm³/mol. The summed E-state index contributed by atoms with van der Waals surface area (Å²) in [4.78, 5) is 28.9. The summed E-state index contributed by atoms with van der Waals surface area (Å²) in [6, 6.07) is 19.7. The van der Waals surface area contributed by atoms with Crippen molar-refractivity contribution in [2.45, 2.75) is 63.9 Å². The van der Waals surface area contributed by atoms with Crippen molar-refractivity contribution in [3.63, 3.8) is 0 Å². The van der Waals surface area contributed by atoms with Gasteiger partial charge in [0.2, 0.25) is 5.82 Å². The fraction of sp³-hybridized carbons (Fsp3) is 0.429. The monoisotopic (exact) mass is 607 g/mol. The molecule has 1 aliphatic heterocycles. The number of nitrogens with zero attached hydrogens (tertiary/aromatic N) is 2. The Morgan fingerprint density at radius 3 is 2.25 bits per heavy atom. The third-order valence-electron chi connectivity index (χ3n) is 8.17. The molecule has 0 spiro atoms. The number of benzene rings is 3. The van der Waals surface area contributed by atoms with Gasteiger partial charge in [-0.05, 0) is 56.0 Å². The number of unbranched alkanes of at least 4 members (excludes halogenated alkanes) is 6. The Bertz CT molecular complexity index is 1360. The van der Waals surface area contributed by atoms with E-state index in [1.165, 1.54) is 4.90 Å². The normalized spacial score (nSPS) is 13.9. The van der Waals surface area contributed by atoms with Crippen LogP contribution in [0.1, 0.15) is 68.1 Å². The van der Waals surface area contributed by atoms with Gasteiger partial charge in [0.1, 0.15) is 6.10 Å². The van der Waals surface area contributed by atoms with E-state index in [0.717, 1.165) is 106 Å². The molecule has 0 aliphatic carbocycles. The molecular weight excluding hydrogens is 564 g/mol. The van der Waals surface area contributed by atoms with Gasteiger partial charge in [-0.1, -0.05) is 80.6 Å². The second-order valence-electron chi connectivity index (χ2n) is 11.4. The molecule has 44 heavy (non-hydrogen) atoms. The summed E-state index contributed by atoms with van der Waals surface area (Å²) in [7, 11) is 1.60. The number of phenols is 1. The van der Waals surface area contributed by atoms with Crippen molar-refractivity contribution in [3.05, 3.63) is 83.9 Å². The average molecular weight is 608 g/mol. The standard InChI is InChI=1S/C35H43F2N3O4/c1-39(34(42)29-18-19-30(36)32(37)33(29)41)22-12-5-3-2-4-6-13-23-40-24-20-27(21-25-40)44-35(43)38-31-17-11-10-16-28(31)26-14-8-7-9-15-26/h7-11,14-19,27,41H,2-6,12-13,20-25H2,1H3,(H,38,43). The minimum Gasteiger partial charge on any atom is -0.504 e. The van der Waals surface area contributed by atoms with E-state index in [1.54, 1.807) is 7.05 Å². The van der Waals surface area contributed by atoms with Gasteiger partial charge in [-0.3, -0.25) is 10.1 Å². The topological polar surface area (TPSA) is 82.1 Å². The SMILES string of the molecule is CN(CCCCCCCCCN1CCC(OC(=O)Nc2ccccc2-c2ccccc2)CC1)C(=O)c1ccc(F)c(F)c1O. The maximum Gasteiger partial charge on any atom is 0.411 e. The molecule has 3 aromatic carbocycles. The predicted octanol–water partition coefficient (Wildman–Crippen LogP) is 7.85. The third-order valence-corrected chi connectivity index (χ3v) is 8.17. The van der Waals surface area contributed by atoms with Crippen LogP contribution in [0.15, 0.2) is 66.7 Å². The zero-order valence-electron chi connectivity index (χ0n) is 25.4. The van der Waals surface area contributed by atoms with E-state index in [-0.39, 0.29) is 11.7 Å². The molecule has 2 amide bonds. The first-order valence-electron chi connectivity index (χ1n) is 15.6. The highest BCUT2D eigenvalue weighted by molar-refractivity contribution is 5.96. The zero-order valence-corrected chi connectivity index (χ0v) is 25.4. The first kappa shape index (κ1) is 32.9. The van der Waals surface area contributed by atoms with Gasteiger partial charge in [0.25, 0.3) is 5.91 Å². The van der Waals surface area contributed by atoms with Gasteiger partial charge in [-0.2, -0.15) is 4.39 Å². The fourth-order valence-corrected chi connectivity index (χ4v) is 5.59. The highest BCUT2D eigenvalue weighted by atomic mass is 19.2.